The number of benzene rings is 1. The van der Waals surface area contributed by atoms with Crippen LogP contribution in [0.25, 0.3) is 16.9 Å². The molecule has 0 aliphatic heterocycles. The summed E-state index contributed by atoms with van der Waals surface area (Å²) in [6, 6.07) is 13.8. The molecule has 0 radical (unpaired) electrons. The number of hydrogen-bond acceptors (Lipinski definition) is 3. The number of carbonyl (C=O) groups excluding carboxylic acids is 1. The Morgan fingerprint density at radius 3 is 2.55 bits per heavy atom. The maximum Gasteiger partial charge on any atom is 0.231 e. The maximum atomic E-state index is 11.7. The molecule has 1 fully saturated rings. The number of aromatic nitrogens is 3. The van der Waals surface area contributed by atoms with Crippen LogP contribution >= 0.6 is 15.9 Å². The highest BCUT2D eigenvalue weighted by Gasteiger charge is 2.53. The molecule has 1 saturated carbocycles. The van der Waals surface area contributed by atoms with Gasteiger partial charge in [0.15, 0.2) is 11.5 Å². The highest BCUT2D eigenvalue weighted by molar-refractivity contribution is 9.10. The van der Waals surface area contributed by atoms with Gasteiger partial charge in [-0.3, -0.25) is 4.79 Å². The molecule has 1 aromatic carbocycles. The fourth-order valence-corrected chi connectivity index (χ4v) is 2.92. The fraction of sp³-hybridized carbons (Fsp3) is 0.188. The summed E-state index contributed by atoms with van der Waals surface area (Å²) < 4.78 is 2.80. The van der Waals surface area contributed by atoms with Crippen molar-refractivity contribution in [2.24, 2.45) is 5.73 Å². The minimum atomic E-state index is -0.664. The Balaban J connectivity index is 1.89. The van der Waals surface area contributed by atoms with Gasteiger partial charge in [0.2, 0.25) is 5.91 Å². The molecule has 22 heavy (non-hydrogen) atoms. The average Bonchev–Trinajstić information content (AvgIpc) is 3.21. The van der Waals surface area contributed by atoms with Gasteiger partial charge in [0.25, 0.3) is 0 Å². The molecule has 1 aliphatic carbocycles. The summed E-state index contributed by atoms with van der Waals surface area (Å²) in [4.78, 5) is 16.2. The van der Waals surface area contributed by atoms with E-state index in [1.165, 1.54) is 0 Å². The van der Waals surface area contributed by atoms with Gasteiger partial charge in [-0.25, -0.2) is 9.50 Å². The van der Waals surface area contributed by atoms with E-state index in [1.54, 1.807) is 4.52 Å². The Labute approximate surface area is 135 Å². The smallest absolute Gasteiger partial charge is 0.231 e. The molecule has 0 bridgehead atoms. The third kappa shape index (κ3) is 1.94. The molecule has 1 aliphatic rings. The van der Waals surface area contributed by atoms with Gasteiger partial charge in [0, 0.05) is 10.0 Å². The lowest BCUT2D eigenvalue weighted by molar-refractivity contribution is -0.120. The van der Waals surface area contributed by atoms with Gasteiger partial charge in [-0.1, -0.05) is 34.1 Å². The van der Waals surface area contributed by atoms with E-state index >= 15 is 0 Å². The maximum absolute atomic E-state index is 11.7. The normalized spacial score (nSPS) is 15.9. The van der Waals surface area contributed by atoms with E-state index < -0.39 is 5.41 Å². The summed E-state index contributed by atoms with van der Waals surface area (Å²) in [7, 11) is 0. The van der Waals surface area contributed by atoms with Crippen molar-refractivity contribution in [3.63, 3.8) is 0 Å². The number of primary amides is 1. The molecule has 1 amide bonds. The van der Waals surface area contributed by atoms with Crippen LogP contribution in [-0.4, -0.2) is 20.5 Å². The average molecular weight is 357 g/mol. The number of hydrogen-bond donors (Lipinski definition) is 1. The molecule has 0 saturated heterocycles. The molecular weight excluding hydrogens is 344 g/mol. The van der Waals surface area contributed by atoms with E-state index in [4.69, 9.17) is 5.73 Å². The quantitative estimate of drug-likeness (QED) is 0.783. The minimum Gasteiger partial charge on any atom is -0.369 e. The zero-order valence-electron chi connectivity index (χ0n) is 11.7. The second-order valence-electron chi connectivity index (χ2n) is 5.57. The van der Waals surface area contributed by atoms with E-state index in [9.17, 15) is 4.79 Å². The SMILES string of the molecule is NC(=O)C1(c2nc3cccc(-c4ccc(Br)cc4)n3n2)CC1. The summed E-state index contributed by atoms with van der Waals surface area (Å²) >= 11 is 3.44. The van der Waals surface area contributed by atoms with Crippen LogP contribution in [0.3, 0.4) is 0 Å². The Kier molecular flexibility index (Phi) is 2.84. The van der Waals surface area contributed by atoms with Crippen LogP contribution in [-0.2, 0) is 10.2 Å². The second-order valence-corrected chi connectivity index (χ2v) is 6.49. The largest absolute Gasteiger partial charge is 0.369 e. The molecular formula is C16H13BrN4O. The predicted molar refractivity (Wildman–Crippen MR) is 86.2 cm³/mol. The summed E-state index contributed by atoms with van der Waals surface area (Å²) in [5.74, 6) is 0.193. The zero-order chi connectivity index (χ0) is 15.3. The van der Waals surface area contributed by atoms with Gasteiger partial charge in [-0.2, -0.15) is 0 Å². The van der Waals surface area contributed by atoms with Crippen LogP contribution in [0.2, 0.25) is 0 Å². The van der Waals surface area contributed by atoms with Crippen LogP contribution in [0, 0.1) is 0 Å². The Morgan fingerprint density at radius 2 is 1.91 bits per heavy atom. The number of pyridine rings is 1. The Hall–Kier alpha value is -2.21. The lowest BCUT2D eigenvalue weighted by Gasteiger charge is -2.05. The number of halogens is 1. The van der Waals surface area contributed by atoms with Crippen molar-refractivity contribution in [1.82, 2.24) is 14.6 Å². The molecule has 0 atom stereocenters. The van der Waals surface area contributed by atoms with Crippen molar-refractivity contribution < 1.29 is 4.79 Å². The van der Waals surface area contributed by atoms with Crippen LogP contribution in [0.5, 0.6) is 0 Å². The van der Waals surface area contributed by atoms with Crippen molar-refractivity contribution in [1.29, 1.82) is 0 Å². The summed E-state index contributed by atoms with van der Waals surface area (Å²) in [6.07, 6.45) is 1.46. The van der Waals surface area contributed by atoms with Crippen LogP contribution in [0.1, 0.15) is 18.7 Å². The topological polar surface area (TPSA) is 73.3 Å². The van der Waals surface area contributed by atoms with E-state index in [2.05, 4.69) is 26.0 Å². The molecule has 0 spiro atoms. The summed E-state index contributed by atoms with van der Waals surface area (Å²) in [6.45, 7) is 0. The fourth-order valence-electron chi connectivity index (χ4n) is 2.65. The number of rotatable bonds is 3. The van der Waals surface area contributed by atoms with Gasteiger partial charge >= 0.3 is 0 Å². The Morgan fingerprint density at radius 1 is 1.18 bits per heavy atom. The van der Waals surface area contributed by atoms with Crippen molar-refractivity contribution in [2.75, 3.05) is 0 Å². The molecule has 0 unspecified atom stereocenters. The first kappa shape index (κ1) is 13.5. The number of carbonyl (C=O) groups is 1. The molecule has 5 nitrogen and oxygen atoms in total. The van der Waals surface area contributed by atoms with Crippen LogP contribution < -0.4 is 5.73 Å². The number of nitrogens with zero attached hydrogens (tertiary/aromatic N) is 3. The van der Waals surface area contributed by atoms with E-state index in [-0.39, 0.29) is 5.91 Å². The van der Waals surface area contributed by atoms with Crippen LogP contribution in [0.15, 0.2) is 46.9 Å². The van der Waals surface area contributed by atoms with Crippen LogP contribution in [0.4, 0.5) is 0 Å². The summed E-state index contributed by atoms with van der Waals surface area (Å²) in [5, 5.41) is 4.56. The van der Waals surface area contributed by atoms with Gasteiger partial charge in [0.05, 0.1) is 5.69 Å². The lowest BCUT2D eigenvalue weighted by atomic mass is 10.1. The molecule has 6 heteroatoms. The third-order valence-electron chi connectivity index (χ3n) is 4.15. The lowest BCUT2D eigenvalue weighted by Crippen LogP contribution is -2.29. The van der Waals surface area contributed by atoms with Gasteiger partial charge in [0.1, 0.15) is 5.41 Å². The van der Waals surface area contributed by atoms with Gasteiger partial charge in [-0.15, -0.1) is 5.10 Å². The first-order chi connectivity index (χ1) is 10.6. The molecule has 2 N–H and O–H groups in total. The van der Waals surface area contributed by atoms with E-state index in [1.807, 2.05) is 42.5 Å². The number of fused-ring (bicyclic) bond motifs is 1. The highest BCUT2D eigenvalue weighted by atomic mass is 79.9. The first-order valence-corrected chi connectivity index (χ1v) is 7.82. The molecule has 2 aromatic heterocycles. The molecule has 3 aromatic rings. The number of amides is 1. The van der Waals surface area contributed by atoms with Gasteiger partial charge < -0.3 is 5.73 Å². The molecule has 4 rings (SSSR count). The van der Waals surface area contributed by atoms with Crippen molar-refractivity contribution >= 4 is 27.5 Å². The van der Waals surface area contributed by atoms with Crippen molar-refractivity contribution in [3.05, 3.63) is 52.8 Å². The summed E-state index contributed by atoms with van der Waals surface area (Å²) in [5.41, 5.74) is 7.55. The monoisotopic (exact) mass is 356 g/mol. The second kappa shape index (κ2) is 4.64. The van der Waals surface area contributed by atoms with Crippen molar-refractivity contribution in [2.45, 2.75) is 18.3 Å². The minimum absolute atomic E-state index is 0.339. The highest BCUT2D eigenvalue weighted by Crippen LogP contribution is 2.46. The first-order valence-electron chi connectivity index (χ1n) is 7.02. The molecule has 2 heterocycles. The third-order valence-corrected chi connectivity index (χ3v) is 4.68. The zero-order valence-corrected chi connectivity index (χ0v) is 13.2. The predicted octanol–water partition coefficient (Wildman–Crippen LogP) is 2.68. The van der Waals surface area contributed by atoms with Gasteiger partial charge in [-0.05, 0) is 37.1 Å². The Bertz CT molecular complexity index is 881. The standard InChI is InChI=1S/C16H13BrN4O/c17-11-6-4-10(5-7-11)12-2-1-3-13-19-15(20-21(12)13)16(8-9-16)14(18)22/h1-7H,8-9H2,(H2,18,22). The molecule has 110 valence electrons. The number of nitrogens with two attached hydrogens (primary N) is 1. The van der Waals surface area contributed by atoms with Crippen molar-refractivity contribution in [3.8, 4) is 11.3 Å². The van der Waals surface area contributed by atoms with E-state index in [0.717, 1.165) is 34.2 Å². The van der Waals surface area contributed by atoms with E-state index in [0.29, 0.717) is 5.82 Å².